The number of hydrogen-bond donors (Lipinski definition) is 3. The third-order valence-electron chi connectivity index (χ3n) is 4.34. The van der Waals surface area contributed by atoms with Crippen molar-refractivity contribution < 1.29 is 23.5 Å². The Bertz CT molecular complexity index is 1100. The molecule has 1 aliphatic rings. The van der Waals surface area contributed by atoms with Crippen molar-refractivity contribution in [3.05, 3.63) is 59.5 Å². The Hall–Kier alpha value is -3.88. The van der Waals surface area contributed by atoms with Gasteiger partial charge in [0.1, 0.15) is 11.5 Å². The summed E-state index contributed by atoms with van der Waals surface area (Å²) in [5.41, 5.74) is 2.39. The fraction of sp³-hybridized carbons (Fsp3) is 0.150. The number of anilines is 1. The van der Waals surface area contributed by atoms with Crippen LogP contribution in [0.4, 0.5) is 10.1 Å². The highest BCUT2D eigenvalue weighted by atomic mass is 19.1. The van der Waals surface area contributed by atoms with E-state index in [1.165, 1.54) is 12.1 Å². The van der Waals surface area contributed by atoms with Crippen molar-refractivity contribution in [2.45, 2.75) is 6.92 Å². The maximum absolute atomic E-state index is 13.4. The van der Waals surface area contributed by atoms with Crippen LogP contribution in [0.15, 0.2) is 42.5 Å². The predicted octanol–water partition coefficient (Wildman–Crippen LogP) is 2.62. The number of carbonyl (C=O) groups excluding carboxylic acids is 2. The van der Waals surface area contributed by atoms with Crippen LogP contribution in [0.1, 0.15) is 16.1 Å². The van der Waals surface area contributed by atoms with E-state index in [1.807, 2.05) is 0 Å². The van der Waals surface area contributed by atoms with Gasteiger partial charge in [-0.2, -0.15) is 5.10 Å². The quantitative estimate of drug-likeness (QED) is 0.615. The molecule has 4 rings (SSSR count). The Morgan fingerprint density at radius 3 is 2.79 bits per heavy atom. The van der Waals surface area contributed by atoms with Gasteiger partial charge in [0.15, 0.2) is 11.5 Å². The van der Waals surface area contributed by atoms with Crippen LogP contribution in [-0.2, 0) is 4.79 Å². The van der Waals surface area contributed by atoms with Crippen LogP contribution in [0.3, 0.4) is 0 Å². The number of aromatic amines is 1. The molecule has 0 atom stereocenters. The molecule has 1 aromatic heterocycles. The maximum Gasteiger partial charge on any atom is 0.269 e. The average molecular weight is 396 g/mol. The molecule has 0 bridgehead atoms. The molecule has 2 aromatic carbocycles. The first-order valence-corrected chi connectivity index (χ1v) is 8.79. The van der Waals surface area contributed by atoms with E-state index in [0.29, 0.717) is 34.0 Å². The fourth-order valence-corrected chi connectivity index (χ4v) is 2.83. The molecular formula is C20H17FN4O4. The third kappa shape index (κ3) is 4.03. The van der Waals surface area contributed by atoms with Crippen molar-refractivity contribution in [2.75, 3.05) is 18.7 Å². The van der Waals surface area contributed by atoms with E-state index in [2.05, 4.69) is 20.8 Å². The molecule has 1 aliphatic heterocycles. The molecule has 0 saturated carbocycles. The van der Waals surface area contributed by atoms with E-state index in [4.69, 9.17) is 9.47 Å². The topological polar surface area (TPSA) is 105 Å². The monoisotopic (exact) mass is 396 g/mol. The molecule has 0 radical (unpaired) electrons. The second kappa shape index (κ2) is 7.63. The lowest BCUT2D eigenvalue weighted by molar-refractivity contribution is -0.115. The van der Waals surface area contributed by atoms with E-state index in [0.717, 1.165) is 0 Å². The third-order valence-corrected chi connectivity index (χ3v) is 4.34. The van der Waals surface area contributed by atoms with Crippen molar-refractivity contribution in [1.29, 1.82) is 0 Å². The lowest BCUT2D eigenvalue weighted by Crippen LogP contribution is -2.33. The zero-order valence-electron chi connectivity index (χ0n) is 15.4. The number of benzene rings is 2. The van der Waals surface area contributed by atoms with Gasteiger partial charge in [0.2, 0.25) is 12.7 Å². The first-order valence-electron chi connectivity index (χ1n) is 8.79. The van der Waals surface area contributed by atoms with Gasteiger partial charge < -0.3 is 20.1 Å². The van der Waals surface area contributed by atoms with E-state index < -0.39 is 11.8 Å². The highest BCUT2D eigenvalue weighted by molar-refractivity contribution is 5.99. The van der Waals surface area contributed by atoms with Gasteiger partial charge >= 0.3 is 0 Å². The van der Waals surface area contributed by atoms with Gasteiger partial charge in [-0.15, -0.1) is 0 Å². The van der Waals surface area contributed by atoms with E-state index in [9.17, 15) is 14.0 Å². The molecule has 0 spiro atoms. The minimum atomic E-state index is -0.483. The second-order valence-corrected chi connectivity index (χ2v) is 6.43. The molecular weight excluding hydrogens is 379 g/mol. The summed E-state index contributed by atoms with van der Waals surface area (Å²) in [4.78, 5) is 24.3. The minimum absolute atomic E-state index is 0.145. The number of rotatable bonds is 5. The lowest BCUT2D eigenvalue weighted by Gasteiger charge is -2.07. The summed E-state index contributed by atoms with van der Waals surface area (Å²) in [5, 5.41) is 11.9. The van der Waals surface area contributed by atoms with E-state index in [1.54, 1.807) is 37.3 Å². The van der Waals surface area contributed by atoms with Crippen molar-refractivity contribution in [2.24, 2.45) is 0 Å². The summed E-state index contributed by atoms with van der Waals surface area (Å²) >= 11 is 0. The second-order valence-electron chi connectivity index (χ2n) is 6.43. The van der Waals surface area contributed by atoms with Crippen LogP contribution < -0.4 is 20.1 Å². The normalized spacial score (nSPS) is 11.9. The molecule has 2 amide bonds. The molecule has 2 heterocycles. The number of ether oxygens (including phenoxy) is 2. The SMILES string of the molecule is Cc1cc(-c2cc(C(=O)NCC(=O)Nc3ccc4c(c3)OCO4)[nH]n2)ccc1F. The number of nitrogens with zero attached hydrogens (tertiary/aromatic N) is 1. The van der Waals surface area contributed by atoms with Gasteiger partial charge in [0, 0.05) is 17.3 Å². The summed E-state index contributed by atoms with van der Waals surface area (Å²) in [6.07, 6.45) is 0. The number of halogens is 1. The Kier molecular flexibility index (Phi) is 4.86. The largest absolute Gasteiger partial charge is 0.454 e. The molecule has 29 heavy (non-hydrogen) atoms. The Balaban J connectivity index is 1.34. The Labute approximate surface area is 165 Å². The van der Waals surface area contributed by atoms with Gasteiger partial charge in [-0.3, -0.25) is 14.7 Å². The fourth-order valence-electron chi connectivity index (χ4n) is 2.83. The van der Waals surface area contributed by atoms with Crippen LogP contribution in [0.2, 0.25) is 0 Å². The first kappa shape index (κ1) is 18.5. The van der Waals surface area contributed by atoms with Gasteiger partial charge in [0.25, 0.3) is 5.91 Å². The van der Waals surface area contributed by atoms with Crippen LogP contribution in [0, 0.1) is 12.7 Å². The predicted molar refractivity (Wildman–Crippen MR) is 102 cm³/mol. The number of amides is 2. The Morgan fingerprint density at radius 1 is 1.14 bits per heavy atom. The smallest absolute Gasteiger partial charge is 0.269 e. The van der Waals surface area contributed by atoms with Gasteiger partial charge in [-0.25, -0.2) is 4.39 Å². The number of aryl methyl sites for hydroxylation is 1. The summed E-state index contributed by atoms with van der Waals surface area (Å²) in [5.74, 6) is -0.0270. The van der Waals surface area contributed by atoms with Crippen LogP contribution >= 0.6 is 0 Å². The highest BCUT2D eigenvalue weighted by Crippen LogP contribution is 2.34. The molecule has 0 fully saturated rings. The zero-order valence-corrected chi connectivity index (χ0v) is 15.4. The van der Waals surface area contributed by atoms with Crippen molar-refractivity contribution in [3.63, 3.8) is 0 Å². The summed E-state index contributed by atoms with van der Waals surface area (Å²) in [6, 6.07) is 11.1. The standard InChI is InChI=1S/C20H17FN4O4/c1-11-6-12(2-4-14(11)21)15-8-16(25-24-15)20(27)22-9-19(26)23-13-3-5-17-18(7-13)29-10-28-17/h2-8H,9-10H2,1H3,(H,22,27)(H,23,26)(H,24,25). The van der Waals surface area contributed by atoms with Gasteiger partial charge in [0.05, 0.1) is 12.2 Å². The van der Waals surface area contributed by atoms with E-state index >= 15 is 0 Å². The summed E-state index contributed by atoms with van der Waals surface area (Å²) in [7, 11) is 0. The van der Waals surface area contributed by atoms with Crippen LogP contribution in [0.5, 0.6) is 11.5 Å². The molecule has 9 heteroatoms. The number of aromatic nitrogens is 2. The van der Waals surface area contributed by atoms with Gasteiger partial charge in [-0.05, 0) is 48.9 Å². The average Bonchev–Trinajstić information content (AvgIpc) is 3.37. The van der Waals surface area contributed by atoms with Crippen molar-refractivity contribution in [1.82, 2.24) is 15.5 Å². The Morgan fingerprint density at radius 2 is 1.97 bits per heavy atom. The summed E-state index contributed by atoms with van der Waals surface area (Å²) < 4.78 is 23.9. The first-order chi connectivity index (χ1) is 14.0. The molecule has 3 aromatic rings. The molecule has 3 N–H and O–H groups in total. The number of fused-ring (bicyclic) bond motifs is 1. The maximum atomic E-state index is 13.4. The van der Waals surface area contributed by atoms with Crippen LogP contribution in [0.25, 0.3) is 11.3 Å². The zero-order chi connectivity index (χ0) is 20.4. The molecule has 0 unspecified atom stereocenters. The highest BCUT2D eigenvalue weighted by Gasteiger charge is 2.16. The molecule has 0 saturated heterocycles. The number of hydrogen-bond acceptors (Lipinski definition) is 5. The van der Waals surface area contributed by atoms with E-state index in [-0.39, 0.29) is 24.8 Å². The number of nitrogens with one attached hydrogen (secondary N) is 3. The van der Waals surface area contributed by atoms with Crippen molar-refractivity contribution >= 4 is 17.5 Å². The van der Waals surface area contributed by atoms with Gasteiger partial charge in [-0.1, -0.05) is 0 Å². The molecule has 8 nitrogen and oxygen atoms in total. The van der Waals surface area contributed by atoms with Crippen LogP contribution in [-0.4, -0.2) is 35.3 Å². The minimum Gasteiger partial charge on any atom is -0.454 e. The number of carbonyl (C=O) groups is 2. The lowest BCUT2D eigenvalue weighted by atomic mass is 10.1. The summed E-state index contributed by atoms with van der Waals surface area (Å²) in [6.45, 7) is 1.57. The van der Waals surface area contributed by atoms with Crippen molar-refractivity contribution in [3.8, 4) is 22.8 Å². The molecule has 148 valence electrons. The molecule has 0 aliphatic carbocycles. The number of H-pyrrole nitrogens is 1.